The Morgan fingerprint density at radius 1 is 1.57 bits per heavy atom. The summed E-state index contributed by atoms with van der Waals surface area (Å²) in [4.78, 5) is 6.64. The van der Waals surface area contributed by atoms with Crippen molar-refractivity contribution in [2.24, 2.45) is 5.92 Å². The van der Waals surface area contributed by atoms with E-state index in [2.05, 4.69) is 29.1 Å². The second-order valence-electron chi connectivity index (χ2n) is 4.50. The molecule has 1 aliphatic heterocycles. The second-order valence-corrected chi connectivity index (χ2v) is 4.50. The quantitative estimate of drug-likeness (QED) is 0.761. The molecule has 2 nitrogen and oxygen atoms in total. The topological polar surface area (TPSA) is 16.1 Å². The highest BCUT2D eigenvalue weighted by molar-refractivity contribution is 8.93. The number of likely N-dealkylation sites (N-methyl/N-ethyl adjacent to an activating group) is 1. The Bertz CT molecular complexity index is 327. The van der Waals surface area contributed by atoms with E-state index in [1.54, 1.807) is 0 Å². The zero-order valence-electron chi connectivity index (χ0n) is 8.31. The fourth-order valence-electron chi connectivity index (χ4n) is 2.84. The zero-order valence-corrected chi connectivity index (χ0v) is 10.0. The highest BCUT2D eigenvalue weighted by atomic mass is 79.9. The predicted octanol–water partition coefficient (Wildman–Crippen LogP) is 1.86. The van der Waals surface area contributed by atoms with Crippen LogP contribution in [-0.4, -0.2) is 30.0 Å². The van der Waals surface area contributed by atoms with Crippen LogP contribution in [0.4, 0.5) is 0 Å². The van der Waals surface area contributed by atoms with Gasteiger partial charge < -0.3 is 4.90 Å². The van der Waals surface area contributed by atoms with E-state index in [1.165, 1.54) is 25.1 Å². The summed E-state index contributed by atoms with van der Waals surface area (Å²) in [6.07, 6.45) is 5.28. The van der Waals surface area contributed by atoms with Crippen molar-refractivity contribution in [1.82, 2.24) is 9.88 Å². The van der Waals surface area contributed by atoms with E-state index in [0.717, 1.165) is 5.92 Å². The minimum absolute atomic E-state index is 0. The summed E-state index contributed by atoms with van der Waals surface area (Å²) in [5.74, 6) is 0.904. The first-order chi connectivity index (χ1) is 6.31. The van der Waals surface area contributed by atoms with Gasteiger partial charge in [0.25, 0.3) is 0 Å². The molecule has 3 rings (SSSR count). The Kier molecular flexibility index (Phi) is 2.40. The van der Waals surface area contributed by atoms with E-state index in [0.29, 0.717) is 5.41 Å². The number of halogens is 1. The molecule has 14 heavy (non-hydrogen) atoms. The van der Waals surface area contributed by atoms with Crippen LogP contribution in [0.15, 0.2) is 24.5 Å². The van der Waals surface area contributed by atoms with Crippen molar-refractivity contribution >= 4 is 17.0 Å². The average molecular weight is 255 g/mol. The molecule has 2 unspecified atom stereocenters. The van der Waals surface area contributed by atoms with Crippen molar-refractivity contribution in [2.45, 2.75) is 11.8 Å². The van der Waals surface area contributed by atoms with Crippen LogP contribution in [0.5, 0.6) is 0 Å². The normalized spacial score (nSPS) is 34.8. The van der Waals surface area contributed by atoms with Crippen LogP contribution in [0.1, 0.15) is 12.0 Å². The smallest absolute Gasteiger partial charge is 0.0306 e. The number of nitrogens with zero attached hydrogens (tertiary/aromatic N) is 2. The Hall–Kier alpha value is -0.410. The average Bonchev–Trinajstić information content (AvgIpc) is 2.72. The molecule has 0 bridgehead atoms. The van der Waals surface area contributed by atoms with Crippen molar-refractivity contribution in [2.75, 3.05) is 20.1 Å². The van der Waals surface area contributed by atoms with Crippen molar-refractivity contribution in [3.63, 3.8) is 0 Å². The van der Waals surface area contributed by atoms with Crippen LogP contribution < -0.4 is 0 Å². The van der Waals surface area contributed by atoms with Gasteiger partial charge >= 0.3 is 0 Å². The van der Waals surface area contributed by atoms with Gasteiger partial charge in [0.05, 0.1) is 0 Å². The molecule has 2 aliphatic rings. The van der Waals surface area contributed by atoms with Crippen LogP contribution in [0.2, 0.25) is 0 Å². The Morgan fingerprint density at radius 3 is 3.00 bits per heavy atom. The Balaban J connectivity index is 0.000000750. The van der Waals surface area contributed by atoms with Crippen LogP contribution in [-0.2, 0) is 5.41 Å². The molecule has 2 fully saturated rings. The summed E-state index contributed by atoms with van der Waals surface area (Å²) >= 11 is 0. The van der Waals surface area contributed by atoms with Gasteiger partial charge in [0.1, 0.15) is 0 Å². The lowest BCUT2D eigenvalue weighted by Crippen LogP contribution is -2.22. The second kappa shape index (κ2) is 3.31. The van der Waals surface area contributed by atoms with E-state index in [9.17, 15) is 0 Å². The Labute approximate surface area is 95.1 Å². The van der Waals surface area contributed by atoms with Gasteiger partial charge in [-0.1, -0.05) is 6.07 Å². The lowest BCUT2D eigenvalue weighted by molar-refractivity contribution is 0.363. The maximum Gasteiger partial charge on any atom is 0.0306 e. The third kappa shape index (κ3) is 1.30. The number of piperidine rings is 1. The first-order valence-electron chi connectivity index (χ1n) is 4.90. The molecule has 2 heterocycles. The molecular formula is C11H15BrN2. The summed E-state index contributed by atoms with van der Waals surface area (Å²) in [6, 6.07) is 4.28. The summed E-state index contributed by atoms with van der Waals surface area (Å²) in [5.41, 5.74) is 1.94. The van der Waals surface area contributed by atoms with Gasteiger partial charge in [-0.05, 0) is 31.0 Å². The number of hydrogen-bond donors (Lipinski definition) is 0. The van der Waals surface area contributed by atoms with Gasteiger partial charge in [-0.3, -0.25) is 4.98 Å². The molecule has 0 spiro atoms. The number of likely N-dealkylation sites (tertiary alicyclic amines) is 1. The van der Waals surface area contributed by atoms with Gasteiger partial charge in [-0.15, -0.1) is 17.0 Å². The van der Waals surface area contributed by atoms with E-state index >= 15 is 0 Å². The molecule has 1 saturated heterocycles. The van der Waals surface area contributed by atoms with Gasteiger partial charge in [0.2, 0.25) is 0 Å². The van der Waals surface area contributed by atoms with Crippen molar-refractivity contribution in [3.8, 4) is 0 Å². The molecule has 1 saturated carbocycles. The van der Waals surface area contributed by atoms with Crippen LogP contribution in [0.3, 0.4) is 0 Å². The largest absolute Gasteiger partial charge is 0.305 e. The molecule has 1 aromatic heterocycles. The van der Waals surface area contributed by atoms with Crippen molar-refractivity contribution in [1.29, 1.82) is 0 Å². The summed E-state index contributed by atoms with van der Waals surface area (Å²) in [5, 5.41) is 0. The molecule has 1 aliphatic carbocycles. The molecule has 2 atom stereocenters. The summed E-state index contributed by atoms with van der Waals surface area (Å²) < 4.78 is 0. The van der Waals surface area contributed by atoms with Crippen molar-refractivity contribution < 1.29 is 0 Å². The number of pyridine rings is 1. The predicted molar refractivity (Wildman–Crippen MR) is 61.8 cm³/mol. The molecular weight excluding hydrogens is 240 g/mol. The van der Waals surface area contributed by atoms with E-state index < -0.39 is 0 Å². The maximum atomic E-state index is 4.21. The summed E-state index contributed by atoms with van der Waals surface area (Å²) in [6.45, 7) is 2.50. The highest BCUT2D eigenvalue weighted by Gasteiger charge is 2.59. The monoisotopic (exact) mass is 254 g/mol. The molecule has 0 amide bonds. The number of aromatic nitrogens is 1. The molecule has 0 aromatic carbocycles. The molecule has 1 aromatic rings. The third-order valence-electron chi connectivity index (χ3n) is 3.55. The molecule has 0 radical (unpaired) electrons. The standard InChI is InChI=1S/C11H14N2.BrH/c1-13-7-10-5-11(10,8-13)9-3-2-4-12-6-9;/h2-4,6,10H,5,7-8H2,1H3;1H. The fraction of sp³-hybridized carbons (Fsp3) is 0.545. The Morgan fingerprint density at radius 2 is 2.43 bits per heavy atom. The molecule has 3 heteroatoms. The first-order valence-corrected chi connectivity index (χ1v) is 4.90. The number of fused-ring (bicyclic) bond motifs is 1. The lowest BCUT2D eigenvalue weighted by Gasteiger charge is -2.15. The minimum Gasteiger partial charge on any atom is -0.305 e. The maximum absolute atomic E-state index is 4.21. The van der Waals surface area contributed by atoms with E-state index in [-0.39, 0.29) is 17.0 Å². The third-order valence-corrected chi connectivity index (χ3v) is 3.55. The highest BCUT2D eigenvalue weighted by Crippen LogP contribution is 2.58. The van der Waals surface area contributed by atoms with Crippen molar-refractivity contribution in [3.05, 3.63) is 30.1 Å². The minimum atomic E-state index is 0. The van der Waals surface area contributed by atoms with Crippen LogP contribution in [0.25, 0.3) is 0 Å². The zero-order chi connectivity index (χ0) is 8.89. The SMILES string of the molecule is Br.CN1CC2CC2(c2cccnc2)C1. The van der Waals surface area contributed by atoms with Gasteiger partial charge in [0.15, 0.2) is 0 Å². The number of hydrogen-bond acceptors (Lipinski definition) is 2. The van der Waals surface area contributed by atoms with E-state index in [1.807, 2.05) is 12.4 Å². The number of rotatable bonds is 1. The molecule has 0 N–H and O–H groups in total. The van der Waals surface area contributed by atoms with Gasteiger partial charge in [0, 0.05) is 30.9 Å². The first kappa shape index (κ1) is 10.1. The van der Waals surface area contributed by atoms with Gasteiger partial charge in [-0.25, -0.2) is 0 Å². The van der Waals surface area contributed by atoms with Crippen LogP contribution in [0, 0.1) is 5.92 Å². The lowest BCUT2D eigenvalue weighted by atomic mass is 9.97. The van der Waals surface area contributed by atoms with E-state index in [4.69, 9.17) is 0 Å². The van der Waals surface area contributed by atoms with Gasteiger partial charge in [-0.2, -0.15) is 0 Å². The van der Waals surface area contributed by atoms with Crippen LogP contribution >= 0.6 is 17.0 Å². The molecule has 76 valence electrons. The fourth-order valence-corrected chi connectivity index (χ4v) is 2.84. The summed E-state index contributed by atoms with van der Waals surface area (Å²) in [7, 11) is 2.21.